The van der Waals surface area contributed by atoms with Crippen molar-refractivity contribution in [1.29, 1.82) is 0 Å². The molecule has 2 heterocycles. The molecule has 0 saturated carbocycles. The van der Waals surface area contributed by atoms with E-state index in [9.17, 15) is 18.4 Å². The number of nitrogens with one attached hydrogen (secondary N) is 1. The molecule has 8 heteroatoms. The largest absolute Gasteiger partial charge is 0.376 e. The highest BCUT2D eigenvalue weighted by molar-refractivity contribution is 5.94. The Morgan fingerprint density at radius 2 is 1.96 bits per heavy atom. The molecule has 2 fully saturated rings. The van der Waals surface area contributed by atoms with E-state index >= 15 is 0 Å². The molecule has 1 aromatic carbocycles. The minimum Gasteiger partial charge on any atom is -0.376 e. The van der Waals surface area contributed by atoms with Crippen LogP contribution >= 0.6 is 0 Å². The number of hydrogen-bond acceptors (Lipinski definition) is 4. The Kier molecular flexibility index (Phi) is 6.16. The summed E-state index contributed by atoms with van der Waals surface area (Å²) >= 11 is 0. The average molecular weight is 368 g/mol. The molecule has 0 aliphatic carbocycles. The van der Waals surface area contributed by atoms with E-state index in [0.29, 0.717) is 58.4 Å². The van der Waals surface area contributed by atoms with Crippen LogP contribution in [0.1, 0.15) is 23.2 Å². The first-order valence-electron chi connectivity index (χ1n) is 8.76. The maximum atomic E-state index is 13.8. The van der Waals surface area contributed by atoms with Gasteiger partial charge in [-0.1, -0.05) is 0 Å². The molecule has 0 bridgehead atoms. The minimum absolute atomic E-state index is 0.0702. The summed E-state index contributed by atoms with van der Waals surface area (Å²) in [5, 5.41) is 2.86. The monoisotopic (exact) mass is 368 g/mol. The first kappa shape index (κ1) is 18.7. The van der Waals surface area contributed by atoms with E-state index in [4.69, 9.17) is 9.47 Å². The topological polar surface area (TPSA) is 67.9 Å². The van der Waals surface area contributed by atoms with Gasteiger partial charge in [-0.25, -0.2) is 8.78 Å². The number of ether oxygens (including phenoxy) is 2. The van der Waals surface area contributed by atoms with Gasteiger partial charge in [-0.05, 0) is 25.0 Å². The lowest BCUT2D eigenvalue weighted by molar-refractivity contribution is -0.128. The van der Waals surface area contributed by atoms with Crippen LogP contribution in [0.15, 0.2) is 18.2 Å². The molecule has 26 heavy (non-hydrogen) atoms. The fourth-order valence-electron chi connectivity index (χ4n) is 3.19. The van der Waals surface area contributed by atoms with Crippen LogP contribution in [0, 0.1) is 17.6 Å². The Morgan fingerprint density at radius 1 is 1.19 bits per heavy atom. The highest BCUT2D eigenvalue weighted by Crippen LogP contribution is 2.20. The van der Waals surface area contributed by atoms with Crippen LogP contribution in [0.2, 0.25) is 0 Å². The van der Waals surface area contributed by atoms with E-state index in [1.54, 1.807) is 0 Å². The maximum absolute atomic E-state index is 13.8. The van der Waals surface area contributed by atoms with Gasteiger partial charge in [0, 0.05) is 31.6 Å². The highest BCUT2D eigenvalue weighted by Gasteiger charge is 2.29. The Labute approximate surface area is 150 Å². The molecule has 2 aliphatic heterocycles. The second kappa shape index (κ2) is 8.55. The average Bonchev–Trinajstić information content (AvgIpc) is 2.66. The molecule has 2 saturated heterocycles. The minimum atomic E-state index is -0.871. The molecule has 1 unspecified atom stereocenters. The summed E-state index contributed by atoms with van der Waals surface area (Å²) in [5.74, 6) is -2.33. The second-order valence-electron chi connectivity index (χ2n) is 6.50. The molecule has 3 rings (SSSR count). The maximum Gasteiger partial charge on any atom is 0.256 e. The summed E-state index contributed by atoms with van der Waals surface area (Å²) in [6.07, 6.45) is 0.876. The predicted octanol–water partition coefficient (Wildman–Crippen LogP) is 1.35. The first-order chi connectivity index (χ1) is 12.5. The Balaban J connectivity index is 1.47. The van der Waals surface area contributed by atoms with E-state index in [0.717, 1.165) is 12.1 Å². The van der Waals surface area contributed by atoms with E-state index in [1.165, 1.54) is 4.90 Å². The third-order valence-electron chi connectivity index (χ3n) is 4.70. The van der Waals surface area contributed by atoms with Crippen LogP contribution in [0.3, 0.4) is 0 Å². The van der Waals surface area contributed by atoms with Crippen molar-refractivity contribution in [1.82, 2.24) is 10.2 Å². The molecule has 0 aromatic heterocycles. The number of carbonyl (C=O) groups excluding carboxylic acids is 2. The van der Waals surface area contributed by atoms with Crippen molar-refractivity contribution in [3.63, 3.8) is 0 Å². The van der Waals surface area contributed by atoms with Crippen molar-refractivity contribution < 1.29 is 27.8 Å². The van der Waals surface area contributed by atoms with Gasteiger partial charge in [-0.2, -0.15) is 0 Å². The number of amides is 2. The van der Waals surface area contributed by atoms with Gasteiger partial charge in [0.1, 0.15) is 11.6 Å². The van der Waals surface area contributed by atoms with Gasteiger partial charge < -0.3 is 19.7 Å². The predicted molar refractivity (Wildman–Crippen MR) is 88.6 cm³/mol. The van der Waals surface area contributed by atoms with Gasteiger partial charge in [-0.3, -0.25) is 9.59 Å². The normalized spacial score (nSPS) is 21.5. The van der Waals surface area contributed by atoms with Crippen LogP contribution in [-0.4, -0.2) is 62.3 Å². The van der Waals surface area contributed by atoms with Crippen LogP contribution < -0.4 is 5.32 Å². The summed E-state index contributed by atoms with van der Waals surface area (Å²) in [5.41, 5.74) is -0.149. The molecule has 1 aromatic rings. The van der Waals surface area contributed by atoms with Crippen molar-refractivity contribution in [2.24, 2.45) is 5.92 Å². The lowest BCUT2D eigenvalue weighted by Crippen LogP contribution is -2.46. The lowest BCUT2D eigenvalue weighted by Gasteiger charge is -2.32. The number of piperidine rings is 1. The number of likely N-dealkylation sites (tertiary alicyclic amines) is 1. The van der Waals surface area contributed by atoms with Crippen LogP contribution in [0.4, 0.5) is 8.78 Å². The Hall–Kier alpha value is -2.06. The van der Waals surface area contributed by atoms with Gasteiger partial charge in [0.2, 0.25) is 5.91 Å². The number of halogens is 2. The summed E-state index contributed by atoms with van der Waals surface area (Å²) < 4.78 is 37.5. The number of nitrogens with zero attached hydrogens (tertiary/aromatic N) is 1. The van der Waals surface area contributed by atoms with E-state index in [2.05, 4.69) is 5.32 Å². The molecule has 0 radical (unpaired) electrons. The van der Waals surface area contributed by atoms with E-state index < -0.39 is 17.5 Å². The van der Waals surface area contributed by atoms with Gasteiger partial charge in [0.15, 0.2) is 0 Å². The molecule has 2 amide bonds. The van der Waals surface area contributed by atoms with Crippen molar-refractivity contribution >= 4 is 11.8 Å². The smallest absolute Gasteiger partial charge is 0.256 e. The zero-order valence-electron chi connectivity index (χ0n) is 14.4. The first-order valence-corrected chi connectivity index (χ1v) is 8.76. The summed E-state index contributed by atoms with van der Waals surface area (Å²) in [4.78, 5) is 26.1. The molecular weight excluding hydrogens is 346 g/mol. The number of rotatable bonds is 4. The summed E-state index contributed by atoms with van der Waals surface area (Å²) in [6, 6.07) is 2.91. The molecule has 142 valence electrons. The lowest BCUT2D eigenvalue weighted by atomic mass is 9.95. The summed E-state index contributed by atoms with van der Waals surface area (Å²) in [6.45, 7) is 2.69. The standard InChI is InChI=1S/C18H22F2N2O4/c19-13-1-2-15(16(20)9-13)18(24)22-5-3-12(4-6-22)17(23)21-10-14-11-25-7-8-26-14/h1-2,9,12,14H,3-8,10-11H2,(H,21,23). The molecule has 2 aliphatic rings. The second-order valence-corrected chi connectivity index (χ2v) is 6.50. The van der Waals surface area contributed by atoms with Crippen molar-refractivity contribution in [2.75, 3.05) is 39.5 Å². The number of benzene rings is 1. The SMILES string of the molecule is O=C(NCC1COCCO1)C1CCN(C(=O)c2ccc(F)cc2F)CC1. The Bertz CT molecular complexity index is 657. The Morgan fingerprint density at radius 3 is 2.62 bits per heavy atom. The quantitative estimate of drug-likeness (QED) is 0.871. The van der Waals surface area contributed by atoms with Crippen molar-refractivity contribution in [3.05, 3.63) is 35.4 Å². The van der Waals surface area contributed by atoms with Gasteiger partial charge >= 0.3 is 0 Å². The molecule has 1 N–H and O–H groups in total. The summed E-state index contributed by atoms with van der Waals surface area (Å²) in [7, 11) is 0. The van der Waals surface area contributed by atoms with Gasteiger partial charge in [0.05, 0.1) is 31.5 Å². The zero-order valence-corrected chi connectivity index (χ0v) is 14.4. The third-order valence-corrected chi connectivity index (χ3v) is 4.70. The third kappa shape index (κ3) is 4.56. The van der Waals surface area contributed by atoms with Crippen LogP contribution in [0.25, 0.3) is 0 Å². The van der Waals surface area contributed by atoms with Crippen LogP contribution in [-0.2, 0) is 14.3 Å². The van der Waals surface area contributed by atoms with Crippen molar-refractivity contribution in [2.45, 2.75) is 18.9 Å². The molecule has 0 spiro atoms. The molecule has 6 nitrogen and oxygen atoms in total. The zero-order chi connectivity index (χ0) is 18.5. The van der Waals surface area contributed by atoms with Crippen molar-refractivity contribution in [3.8, 4) is 0 Å². The molecular formula is C18H22F2N2O4. The van der Waals surface area contributed by atoms with Gasteiger partial charge in [0.25, 0.3) is 5.91 Å². The van der Waals surface area contributed by atoms with E-state index in [1.807, 2.05) is 0 Å². The fraction of sp³-hybridized carbons (Fsp3) is 0.556. The van der Waals surface area contributed by atoms with Gasteiger partial charge in [-0.15, -0.1) is 0 Å². The number of carbonyl (C=O) groups is 2. The fourth-order valence-corrected chi connectivity index (χ4v) is 3.19. The molecule has 1 atom stereocenters. The highest BCUT2D eigenvalue weighted by atomic mass is 19.1. The van der Waals surface area contributed by atoms with E-state index in [-0.39, 0.29) is 23.5 Å². The number of hydrogen-bond donors (Lipinski definition) is 1. The van der Waals surface area contributed by atoms with Crippen LogP contribution in [0.5, 0.6) is 0 Å².